The minimum absolute atomic E-state index is 0.0804. The van der Waals surface area contributed by atoms with Crippen molar-refractivity contribution in [3.8, 4) is 11.5 Å². The van der Waals surface area contributed by atoms with Crippen LogP contribution in [0.1, 0.15) is 6.92 Å². The van der Waals surface area contributed by atoms with Gasteiger partial charge in [0.25, 0.3) is 0 Å². The van der Waals surface area contributed by atoms with Gasteiger partial charge in [-0.1, -0.05) is 0 Å². The van der Waals surface area contributed by atoms with Crippen molar-refractivity contribution in [2.45, 2.75) is 13.0 Å². The van der Waals surface area contributed by atoms with E-state index >= 15 is 0 Å². The van der Waals surface area contributed by atoms with Gasteiger partial charge in [0.05, 0.1) is 30.1 Å². The average molecular weight is 370 g/mol. The van der Waals surface area contributed by atoms with Gasteiger partial charge in [-0.15, -0.1) is 0 Å². The molecular weight excluding hydrogens is 351 g/mol. The number of anilines is 2. The zero-order valence-corrected chi connectivity index (χ0v) is 14.7. The zero-order chi connectivity index (χ0) is 18.8. The minimum Gasteiger partial charge on any atom is -0.452 e. The first kappa shape index (κ1) is 17.3. The maximum atomic E-state index is 14.4. The Bertz CT molecular complexity index is 975. The number of aromatic amines is 1. The van der Waals surface area contributed by atoms with E-state index in [1.807, 2.05) is 19.1 Å². The highest BCUT2D eigenvalue weighted by atomic mass is 19.1. The Morgan fingerprint density at radius 2 is 2.26 bits per heavy atom. The molecule has 1 amide bonds. The highest BCUT2D eigenvalue weighted by Gasteiger charge is 2.22. The number of benzene rings is 2. The Kier molecular flexibility index (Phi) is 4.64. The number of hydrogen-bond donors (Lipinski definition) is 2. The first-order valence-corrected chi connectivity index (χ1v) is 8.65. The van der Waals surface area contributed by atoms with Crippen LogP contribution in [0.2, 0.25) is 0 Å². The number of H-pyrrole nitrogens is 1. The number of halogens is 1. The van der Waals surface area contributed by atoms with E-state index in [9.17, 15) is 9.18 Å². The quantitative estimate of drug-likeness (QED) is 0.674. The topological polar surface area (TPSA) is 79.5 Å². The normalized spacial score (nSPS) is 17.1. The SMILES string of the molecule is C[C@@H]1CN(c2cc3[nH]ncc3cc2Oc2ccc(NC=O)cc2F)CCO1. The molecule has 1 aromatic heterocycles. The molecule has 2 aromatic carbocycles. The molecule has 1 aliphatic heterocycles. The van der Waals surface area contributed by atoms with E-state index in [0.717, 1.165) is 16.6 Å². The molecule has 0 bridgehead atoms. The van der Waals surface area contributed by atoms with E-state index in [0.29, 0.717) is 37.5 Å². The standard InChI is InChI=1S/C19H19FN4O3/c1-12-10-24(4-5-26-12)17-8-16-13(9-22-23-16)6-19(17)27-18-3-2-14(21-11-25)7-15(18)20/h2-3,6-9,11-12H,4-5,10H2,1H3,(H,21,25)(H,22,23)/t12-/m1/s1. The largest absolute Gasteiger partial charge is 0.452 e. The molecule has 2 heterocycles. The van der Waals surface area contributed by atoms with Crippen molar-refractivity contribution < 1.29 is 18.7 Å². The number of amides is 1. The number of rotatable bonds is 5. The van der Waals surface area contributed by atoms with Gasteiger partial charge in [0.15, 0.2) is 17.3 Å². The third-order valence-electron chi connectivity index (χ3n) is 4.48. The summed E-state index contributed by atoms with van der Waals surface area (Å²) < 4.78 is 26.0. The fourth-order valence-corrected chi connectivity index (χ4v) is 3.19. The highest BCUT2D eigenvalue weighted by Crippen LogP contribution is 2.37. The summed E-state index contributed by atoms with van der Waals surface area (Å²) in [7, 11) is 0. The van der Waals surface area contributed by atoms with Crippen LogP contribution in [0, 0.1) is 5.82 Å². The summed E-state index contributed by atoms with van der Waals surface area (Å²) in [5.74, 6) is 0.0558. The summed E-state index contributed by atoms with van der Waals surface area (Å²) in [6.45, 7) is 4.05. The number of nitrogens with one attached hydrogen (secondary N) is 2. The first-order chi connectivity index (χ1) is 13.1. The number of nitrogens with zero attached hydrogens (tertiary/aromatic N) is 2. The lowest BCUT2D eigenvalue weighted by Gasteiger charge is -2.33. The van der Waals surface area contributed by atoms with Gasteiger partial charge in [-0.3, -0.25) is 9.89 Å². The third kappa shape index (κ3) is 3.56. The van der Waals surface area contributed by atoms with Crippen LogP contribution in [-0.2, 0) is 9.53 Å². The van der Waals surface area contributed by atoms with E-state index in [2.05, 4.69) is 20.4 Å². The molecule has 2 N–H and O–H groups in total. The zero-order valence-electron chi connectivity index (χ0n) is 14.7. The average Bonchev–Trinajstić information content (AvgIpc) is 3.11. The molecule has 8 heteroatoms. The fourth-order valence-electron chi connectivity index (χ4n) is 3.19. The summed E-state index contributed by atoms with van der Waals surface area (Å²) in [4.78, 5) is 12.7. The van der Waals surface area contributed by atoms with Crippen LogP contribution in [0.25, 0.3) is 10.9 Å². The second kappa shape index (κ2) is 7.24. The number of morpholine rings is 1. The summed E-state index contributed by atoms with van der Waals surface area (Å²) >= 11 is 0. The van der Waals surface area contributed by atoms with Gasteiger partial charge in [-0.25, -0.2) is 4.39 Å². The lowest BCUT2D eigenvalue weighted by Crippen LogP contribution is -2.41. The molecular formula is C19H19FN4O3. The van der Waals surface area contributed by atoms with Gasteiger partial charge in [0, 0.05) is 30.2 Å². The summed E-state index contributed by atoms with van der Waals surface area (Å²) in [6.07, 6.45) is 2.29. The molecule has 3 aromatic rings. The van der Waals surface area contributed by atoms with E-state index in [1.54, 1.807) is 12.3 Å². The predicted molar refractivity (Wildman–Crippen MR) is 99.9 cm³/mol. The van der Waals surface area contributed by atoms with Crippen LogP contribution >= 0.6 is 0 Å². The molecule has 1 fully saturated rings. The van der Waals surface area contributed by atoms with Crippen molar-refractivity contribution in [3.05, 3.63) is 42.3 Å². The maximum absolute atomic E-state index is 14.4. The van der Waals surface area contributed by atoms with Crippen LogP contribution in [0.15, 0.2) is 36.5 Å². The molecule has 140 valence electrons. The van der Waals surface area contributed by atoms with Gasteiger partial charge >= 0.3 is 0 Å². The molecule has 7 nitrogen and oxygen atoms in total. The number of hydrogen-bond acceptors (Lipinski definition) is 5. The van der Waals surface area contributed by atoms with E-state index in [1.165, 1.54) is 12.1 Å². The lowest BCUT2D eigenvalue weighted by atomic mass is 10.1. The van der Waals surface area contributed by atoms with Crippen LogP contribution < -0.4 is 15.0 Å². The van der Waals surface area contributed by atoms with Gasteiger partial charge in [0.2, 0.25) is 6.41 Å². The number of carbonyl (C=O) groups is 1. The van der Waals surface area contributed by atoms with Crippen molar-refractivity contribution in [3.63, 3.8) is 0 Å². The van der Waals surface area contributed by atoms with Gasteiger partial charge in [-0.05, 0) is 31.2 Å². The van der Waals surface area contributed by atoms with Gasteiger partial charge in [0.1, 0.15) is 0 Å². The van der Waals surface area contributed by atoms with Crippen LogP contribution in [0.5, 0.6) is 11.5 Å². The van der Waals surface area contributed by atoms with Crippen molar-refractivity contribution in [1.82, 2.24) is 10.2 Å². The number of ether oxygens (including phenoxy) is 2. The smallest absolute Gasteiger partial charge is 0.211 e. The van der Waals surface area contributed by atoms with Crippen molar-refractivity contribution in [2.24, 2.45) is 0 Å². The van der Waals surface area contributed by atoms with Crippen LogP contribution in [0.4, 0.5) is 15.8 Å². The molecule has 0 unspecified atom stereocenters. The monoisotopic (exact) mass is 370 g/mol. The lowest BCUT2D eigenvalue weighted by molar-refractivity contribution is -0.105. The highest BCUT2D eigenvalue weighted by molar-refractivity contribution is 5.86. The second-order valence-corrected chi connectivity index (χ2v) is 6.41. The van der Waals surface area contributed by atoms with Crippen molar-refractivity contribution in [1.29, 1.82) is 0 Å². The van der Waals surface area contributed by atoms with Gasteiger partial charge in [-0.2, -0.15) is 5.10 Å². The Balaban J connectivity index is 1.71. The molecule has 1 saturated heterocycles. The molecule has 0 radical (unpaired) electrons. The second-order valence-electron chi connectivity index (χ2n) is 6.41. The summed E-state index contributed by atoms with van der Waals surface area (Å²) in [5, 5.41) is 10.3. The van der Waals surface area contributed by atoms with E-state index < -0.39 is 5.82 Å². The molecule has 0 aliphatic carbocycles. The summed E-state index contributed by atoms with van der Waals surface area (Å²) in [5.41, 5.74) is 2.08. The van der Waals surface area contributed by atoms with Crippen LogP contribution in [-0.4, -0.2) is 42.4 Å². The number of fused-ring (bicyclic) bond motifs is 1. The Labute approximate surface area is 155 Å². The van der Waals surface area contributed by atoms with Crippen molar-refractivity contribution in [2.75, 3.05) is 29.9 Å². The minimum atomic E-state index is -0.560. The third-order valence-corrected chi connectivity index (χ3v) is 4.48. The van der Waals surface area contributed by atoms with Gasteiger partial charge < -0.3 is 19.7 Å². The van der Waals surface area contributed by atoms with E-state index in [4.69, 9.17) is 9.47 Å². The summed E-state index contributed by atoms with van der Waals surface area (Å²) in [6, 6.07) is 8.09. The Hall–Kier alpha value is -3.13. The number of carbonyl (C=O) groups excluding carboxylic acids is 1. The molecule has 1 aliphatic rings. The molecule has 0 spiro atoms. The molecule has 4 rings (SSSR count). The Morgan fingerprint density at radius 3 is 3.04 bits per heavy atom. The maximum Gasteiger partial charge on any atom is 0.211 e. The fraction of sp³-hybridized carbons (Fsp3) is 0.263. The Morgan fingerprint density at radius 1 is 1.37 bits per heavy atom. The molecule has 1 atom stereocenters. The van der Waals surface area contributed by atoms with E-state index in [-0.39, 0.29) is 11.9 Å². The predicted octanol–water partition coefficient (Wildman–Crippen LogP) is 3.29. The van der Waals surface area contributed by atoms with Crippen LogP contribution in [0.3, 0.4) is 0 Å². The molecule has 27 heavy (non-hydrogen) atoms. The first-order valence-electron chi connectivity index (χ1n) is 8.65. The number of aromatic nitrogens is 2. The van der Waals surface area contributed by atoms with Crippen molar-refractivity contribution >= 4 is 28.7 Å². The molecule has 0 saturated carbocycles.